The maximum atomic E-state index is 12.3. The number of nitrogens with zero attached hydrogens (tertiary/aromatic N) is 1. The smallest absolute Gasteiger partial charge is 0.338 e. The molecule has 6 nitrogen and oxygen atoms in total. The van der Waals surface area contributed by atoms with Gasteiger partial charge in [0, 0.05) is 0 Å². The minimum absolute atomic E-state index is 0.311. The number of nitriles is 1. The molecule has 3 aromatic rings. The summed E-state index contributed by atoms with van der Waals surface area (Å²) in [4.78, 5) is 24.5. The lowest BCUT2D eigenvalue weighted by atomic mass is 10.2. The molecule has 0 spiro atoms. The molecule has 1 N–H and O–H groups in total. The number of ether oxygens (including phenoxy) is 2. The zero-order chi connectivity index (χ0) is 20.6. The van der Waals surface area contributed by atoms with Crippen molar-refractivity contribution in [3.8, 4) is 11.8 Å². The topological polar surface area (TPSA) is 88.4 Å². The summed E-state index contributed by atoms with van der Waals surface area (Å²) in [6, 6.07) is 19.9. The second kappa shape index (κ2) is 9.53. The lowest BCUT2D eigenvalue weighted by Gasteiger charge is -2.13. The minimum atomic E-state index is -1.01. The minimum Gasteiger partial charge on any atom is -0.489 e. The van der Waals surface area contributed by atoms with E-state index in [4.69, 9.17) is 14.7 Å². The van der Waals surface area contributed by atoms with E-state index in [1.54, 1.807) is 35.7 Å². The van der Waals surface area contributed by atoms with E-state index in [9.17, 15) is 9.59 Å². The van der Waals surface area contributed by atoms with Crippen LogP contribution in [0.25, 0.3) is 0 Å². The van der Waals surface area contributed by atoms with Crippen LogP contribution in [0.5, 0.6) is 5.75 Å². The van der Waals surface area contributed by atoms with E-state index in [2.05, 4.69) is 5.32 Å². The van der Waals surface area contributed by atoms with Crippen molar-refractivity contribution < 1.29 is 19.1 Å². The molecule has 0 unspecified atom stereocenters. The number of esters is 1. The molecule has 0 saturated heterocycles. The average Bonchev–Trinajstić information content (AvgIpc) is 3.20. The maximum Gasteiger partial charge on any atom is 0.338 e. The third-order valence-electron chi connectivity index (χ3n) is 4.01. The molecule has 3 rings (SSSR count). The van der Waals surface area contributed by atoms with Gasteiger partial charge in [-0.05, 0) is 48.2 Å². The lowest BCUT2D eigenvalue weighted by molar-refractivity contribution is -0.123. The van der Waals surface area contributed by atoms with E-state index in [0.29, 0.717) is 28.5 Å². The molecule has 0 aliphatic heterocycles. The van der Waals surface area contributed by atoms with Crippen LogP contribution in [0.2, 0.25) is 0 Å². The van der Waals surface area contributed by atoms with Gasteiger partial charge in [-0.1, -0.05) is 30.3 Å². The molecule has 7 heteroatoms. The third-order valence-corrected chi connectivity index (χ3v) is 4.84. The van der Waals surface area contributed by atoms with Crippen LogP contribution in [0.15, 0.2) is 66.0 Å². The zero-order valence-corrected chi connectivity index (χ0v) is 16.4. The van der Waals surface area contributed by atoms with Gasteiger partial charge in [-0.2, -0.15) is 5.26 Å². The van der Waals surface area contributed by atoms with Gasteiger partial charge in [0.2, 0.25) is 0 Å². The van der Waals surface area contributed by atoms with Crippen molar-refractivity contribution in [2.45, 2.75) is 19.6 Å². The molecule has 0 fully saturated rings. The molecule has 146 valence electrons. The molecule has 0 aliphatic carbocycles. The van der Waals surface area contributed by atoms with Gasteiger partial charge in [0.1, 0.15) is 23.4 Å². The molecular weight excluding hydrogens is 388 g/mol. The summed E-state index contributed by atoms with van der Waals surface area (Å²) in [7, 11) is 0. The van der Waals surface area contributed by atoms with Crippen LogP contribution in [0.1, 0.15) is 28.4 Å². The van der Waals surface area contributed by atoms with Crippen LogP contribution in [-0.2, 0) is 16.1 Å². The fraction of sp³-hybridized carbons (Fsp3) is 0.136. The number of thiophene rings is 1. The molecule has 1 heterocycles. The molecule has 0 saturated carbocycles. The molecule has 0 bridgehead atoms. The molecule has 1 atom stereocenters. The van der Waals surface area contributed by atoms with Crippen LogP contribution in [0.3, 0.4) is 0 Å². The monoisotopic (exact) mass is 406 g/mol. The Morgan fingerprint density at radius 2 is 1.83 bits per heavy atom. The predicted octanol–water partition coefficient (Wildman–Crippen LogP) is 4.38. The summed E-state index contributed by atoms with van der Waals surface area (Å²) in [6.07, 6.45) is -1.01. The standard InChI is InChI=1S/C22H18N2O4S/c1-15(20(25)24-21-18(13-23)11-12-29-21)28-22(26)17-7-9-19(10-8-17)27-14-16-5-3-2-4-6-16/h2-12,15H,14H2,1H3,(H,24,25)/t15-/m1/s1. The van der Waals surface area contributed by atoms with Crippen LogP contribution < -0.4 is 10.1 Å². The highest BCUT2D eigenvalue weighted by atomic mass is 32.1. The van der Waals surface area contributed by atoms with Gasteiger partial charge < -0.3 is 14.8 Å². The fourth-order valence-electron chi connectivity index (χ4n) is 2.42. The van der Waals surface area contributed by atoms with E-state index in [-0.39, 0.29) is 0 Å². The van der Waals surface area contributed by atoms with Crippen LogP contribution in [0, 0.1) is 11.3 Å². The Bertz CT molecular complexity index is 1020. The van der Waals surface area contributed by atoms with Gasteiger partial charge in [0.15, 0.2) is 6.10 Å². The summed E-state index contributed by atoms with van der Waals surface area (Å²) in [5, 5.41) is 13.7. The number of amides is 1. The number of hydrogen-bond acceptors (Lipinski definition) is 6. The van der Waals surface area contributed by atoms with Crippen molar-refractivity contribution in [3.63, 3.8) is 0 Å². The Labute approximate surface area is 172 Å². The second-order valence-electron chi connectivity index (χ2n) is 6.11. The van der Waals surface area contributed by atoms with Crippen LogP contribution in [-0.4, -0.2) is 18.0 Å². The van der Waals surface area contributed by atoms with Gasteiger partial charge in [-0.3, -0.25) is 4.79 Å². The first kappa shape index (κ1) is 20.1. The lowest BCUT2D eigenvalue weighted by Crippen LogP contribution is -2.29. The van der Waals surface area contributed by atoms with Crippen molar-refractivity contribution >= 4 is 28.2 Å². The first-order valence-corrected chi connectivity index (χ1v) is 9.71. The summed E-state index contributed by atoms with van der Waals surface area (Å²) in [5.41, 5.74) is 1.72. The van der Waals surface area contributed by atoms with Gasteiger partial charge >= 0.3 is 5.97 Å². The largest absolute Gasteiger partial charge is 0.489 e. The van der Waals surface area contributed by atoms with Crippen molar-refractivity contribution in [1.82, 2.24) is 0 Å². The maximum absolute atomic E-state index is 12.3. The normalized spacial score (nSPS) is 11.2. The molecule has 0 aliphatic rings. The summed E-state index contributed by atoms with van der Waals surface area (Å²) in [5.74, 6) is -0.494. The second-order valence-corrected chi connectivity index (χ2v) is 7.03. The highest BCUT2D eigenvalue weighted by Crippen LogP contribution is 2.22. The quantitative estimate of drug-likeness (QED) is 0.588. The van der Waals surface area contributed by atoms with Crippen molar-refractivity contribution in [1.29, 1.82) is 5.26 Å². The van der Waals surface area contributed by atoms with Crippen molar-refractivity contribution in [2.24, 2.45) is 0 Å². The van der Waals surface area contributed by atoms with E-state index < -0.39 is 18.0 Å². The van der Waals surface area contributed by atoms with Crippen LogP contribution in [0.4, 0.5) is 5.00 Å². The average molecular weight is 406 g/mol. The first-order valence-electron chi connectivity index (χ1n) is 8.83. The summed E-state index contributed by atoms with van der Waals surface area (Å²) in [6.45, 7) is 1.90. The van der Waals surface area contributed by atoms with E-state index in [0.717, 1.165) is 5.56 Å². The third kappa shape index (κ3) is 5.43. The van der Waals surface area contributed by atoms with E-state index in [1.807, 2.05) is 36.4 Å². The number of nitrogens with one attached hydrogen (secondary N) is 1. The fourth-order valence-corrected chi connectivity index (χ4v) is 3.16. The highest BCUT2D eigenvalue weighted by molar-refractivity contribution is 7.14. The van der Waals surface area contributed by atoms with Crippen LogP contribution >= 0.6 is 11.3 Å². The number of rotatable bonds is 7. The number of benzene rings is 2. The number of anilines is 1. The Kier molecular flexibility index (Phi) is 6.61. The van der Waals surface area contributed by atoms with E-state index >= 15 is 0 Å². The first-order chi connectivity index (χ1) is 14.1. The number of carbonyl (C=O) groups is 2. The van der Waals surface area contributed by atoms with E-state index in [1.165, 1.54) is 18.3 Å². The molecule has 1 aromatic heterocycles. The van der Waals surface area contributed by atoms with Gasteiger partial charge in [0.05, 0.1) is 11.1 Å². The van der Waals surface area contributed by atoms with Gasteiger partial charge in [-0.15, -0.1) is 11.3 Å². The Balaban J connectivity index is 1.53. The molecular formula is C22H18N2O4S. The van der Waals surface area contributed by atoms with Gasteiger partial charge in [0.25, 0.3) is 5.91 Å². The van der Waals surface area contributed by atoms with Gasteiger partial charge in [-0.25, -0.2) is 4.79 Å². The molecule has 1 amide bonds. The highest BCUT2D eigenvalue weighted by Gasteiger charge is 2.20. The van der Waals surface area contributed by atoms with Crippen molar-refractivity contribution in [2.75, 3.05) is 5.32 Å². The number of hydrogen-bond donors (Lipinski definition) is 1. The Hall–Kier alpha value is -3.63. The number of carbonyl (C=O) groups excluding carboxylic acids is 2. The molecule has 29 heavy (non-hydrogen) atoms. The molecule has 0 radical (unpaired) electrons. The molecule has 2 aromatic carbocycles. The van der Waals surface area contributed by atoms with Crippen molar-refractivity contribution in [3.05, 3.63) is 82.7 Å². The SMILES string of the molecule is C[C@@H](OC(=O)c1ccc(OCc2ccccc2)cc1)C(=O)Nc1sccc1C#N. The predicted molar refractivity (Wildman–Crippen MR) is 110 cm³/mol. The zero-order valence-electron chi connectivity index (χ0n) is 15.6. The Morgan fingerprint density at radius 3 is 2.52 bits per heavy atom. The summed E-state index contributed by atoms with van der Waals surface area (Å²) < 4.78 is 10.9. The summed E-state index contributed by atoms with van der Waals surface area (Å²) >= 11 is 1.23. The Morgan fingerprint density at radius 1 is 1.10 bits per heavy atom.